The van der Waals surface area contributed by atoms with Gasteiger partial charge < -0.3 is 28.2 Å². The number of para-hydroxylation sites is 1. The maximum atomic E-state index is 13.7. The van der Waals surface area contributed by atoms with Crippen molar-refractivity contribution in [2.45, 2.75) is 39.3 Å². The molecule has 1 aliphatic rings. The van der Waals surface area contributed by atoms with Gasteiger partial charge in [-0.3, -0.25) is 4.79 Å². The number of thiophene rings is 1. The van der Waals surface area contributed by atoms with E-state index in [1.807, 2.05) is 105 Å². The minimum absolute atomic E-state index is 0.0168. The van der Waals surface area contributed by atoms with E-state index in [1.165, 1.54) is 0 Å². The van der Waals surface area contributed by atoms with Crippen LogP contribution >= 0.6 is 11.3 Å². The molecule has 0 spiro atoms. The number of rotatable bonds is 9. The van der Waals surface area contributed by atoms with Gasteiger partial charge in [-0.1, -0.05) is 24.3 Å². The number of ketones is 1. The molecule has 3 aromatic heterocycles. The molecule has 0 N–H and O–H groups in total. The van der Waals surface area contributed by atoms with Crippen LogP contribution in [-0.2, 0) is 18.3 Å². The van der Waals surface area contributed by atoms with Crippen molar-refractivity contribution in [3.63, 3.8) is 0 Å². The Hall–Kier alpha value is -4.24. The zero-order valence-corrected chi connectivity index (χ0v) is 25.9. The molecule has 1 aliphatic heterocycles. The molecule has 1 atom stereocenters. The van der Waals surface area contributed by atoms with Gasteiger partial charge in [0, 0.05) is 54.8 Å². The van der Waals surface area contributed by atoms with Gasteiger partial charge in [0.1, 0.15) is 23.7 Å². The Balaban J connectivity index is 1.06. The number of benzene rings is 2. The summed E-state index contributed by atoms with van der Waals surface area (Å²) in [6.07, 6.45) is 2.56. The number of carbonyl (C=O) groups is 2. The molecular formula is C34H37N3O5S. The van der Waals surface area contributed by atoms with Crippen LogP contribution in [0, 0.1) is 5.92 Å². The fourth-order valence-corrected chi connectivity index (χ4v) is 6.46. The summed E-state index contributed by atoms with van der Waals surface area (Å²) in [7, 11) is 1.94. The van der Waals surface area contributed by atoms with Crippen molar-refractivity contribution in [2.24, 2.45) is 13.0 Å². The van der Waals surface area contributed by atoms with E-state index in [1.54, 1.807) is 16.2 Å². The van der Waals surface area contributed by atoms with Gasteiger partial charge in [-0.15, -0.1) is 11.3 Å². The maximum Gasteiger partial charge on any atom is 0.410 e. The first-order chi connectivity index (χ1) is 20.7. The lowest BCUT2D eigenvalue weighted by Gasteiger charge is -2.24. The normalized spacial score (nSPS) is 15.3. The minimum atomic E-state index is -0.500. The monoisotopic (exact) mass is 599 g/mol. The largest absolute Gasteiger partial charge is 0.493 e. The van der Waals surface area contributed by atoms with E-state index in [0.29, 0.717) is 44.1 Å². The van der Waals surface area contributed by atoms with Crippen LogP contribution < -0.4 is 9.47 Å². The lowest BCUT2D eigenvalue weighted by atomic mass is 10.1. The van der Waals surface area contributed by atoms with E-state index < -0.39 is 5.60 Å². The SMILES string of the molecule is Cn1c(C(=O)c2cn(CCOc3cccc(OC[C@H]4CCN(C(=O)OC(C)(C)C)C4)c3)c3ccccc23)cc2sccc21. The highest BCUT2D eigenvalue weighted by atomic mass is 32.1. The summed E-state index contributed by atoms with van der Waals surface area (Å²) in [4.78, 5) is 27.8. The van der Waals surface area contributed by atoms with Crippen molar-refractivity contribution in [1.82, 2.24) is 14.0 Å². The first-order valence-corrected chi connectivity index (χ1v) is 15.5. The topological polar surface area (TPSA) is 74.9 Å². The van der Waals surface area contributed by atoms with E-state index >= 15 is 0 Å². The van der Waals surface area contributed by atoms with Gasteiger partial charge in [0.2, 0.25) is 5.78 Å². The Morgan fingerprint density at radius 1 is 0.977 bits per heavy atom. The molecular weight excluding hydrogens is 562 g/mol. The number of amides is 1. The van der Waals surface area contributed by atoms with Gasteiger partial charge in [0.05, 0.1) is 29.1 Å². The molecule has 2 aromatic carbocycles. The molecule has 0 aliphatic carbocycles. The first kappa shape index (κ1) is 28.9. The number of nitrogens with zero attached hydrogens (tertiary/aromatic N) is 3. The van der Waals surface area contributed by atoms with E-state index in [0.717, 1.165) is 39.0 Å². The van der Waals surface area contributed by atoms with Crippen molar-refractivity contribution in [2.75, 3.05) is 26.3 Å². The molecule has 9 heteroatoms. The standard InChI is InChI=1S/C34H37N3O5S/c1-34(2,3)42-33(39)37-14-12-23(20-37)22-41-25-9-7-8-24(18-25)40-16-15-36-21-27(26-10-5-6-11-28(26)36)32(38)30-19-31-29(35(30)4)13-17-43-31/h5-11,13,17-19,21,23H,12,14-16,20,22H2,1-4H3/t23-/m0/s1. The van der Waals surface area contributed by atoms with E-state index in [-0.39, 0.29) is 17.8 Å². The molecule has 1 fully saturated rings. The average Bonchev–Trinajstić information content (AvgIpc) is 3.76. The summed E-state index contributed by atoms with van der Waals surface area (Å²) in [5.74, 6) is 1.72. The second-order valence-electron chi connectivity index (χ2n) is 12.1. The van der Waals surface area contributed by atoms with Gasteiger partial charge in [0.15, 0.2) is 0 Å². The number of hydrogen-bond acceptors (Lipinski definition) is 6. The summed E-state index contributed by atoms with van der Waals surface area (Å²) in [6, 6.07) is 19.7. The van der Waals surface area contributed by atoms with Gasteiger partial charge >= 0.3 is 6.09 Å². The molecule has 0 saturated carbocycles. The van der Waals surface area contributed by atoms with Crippen LogP contribution in [0.4, 0.5) is 4.79 Å². The van der Waals surface area contributed by atoms with Crippen LogP contribution in [0.2, 0.25) is 0 Å². The molecule has 0 bridgehead atoms. The van der Waals surface area contributed by atoms with Gasteiger partial charge in [0.25, 0.3) is 0 Å². The molecule has 0 radical (unpaired) electrons. The molecule has 1 saturated heterocycles. The Morgan fingerprint density at radius 2 is 1.77 bits per heavy atom. The fourth-order valence-electron chi connectivity index (χ4n) is 5.61. The molecule has 6 rings (SSSR count). The van der Waals surface area contributed by atoms with Crippen LogP contribution in [0.25, 0.3) is 21.1 Å². The zero-order chi connectivity index (χ0) is 30.1. The van der Waals surface area contributed by atoms with Crippen LogP contribution in [0.15, 0.2) is 72.2 Å². The highest BCUT2D eigenvalue weighted by Crippen LogP contribution is 2.29. The lowest BCUT2D eigenvalue weighted by Crippen LogP contribution is -2.35. The van der Waals surface area contributed by atoms with Crippen molar-refractivity contribution < 1.29 is 23.8 Å². The Bertz CT molecular complexity index is 1780. The number of hydrogen-bond donors (Lipinski definition) is 0. The summed E-state index contributed by atoms with van der Waals surface area (Å²) in [6.45, 7) is 8.48. The van der Waals surface area contributed by atoms with Gasteiger partial charge in [-0.05, 0) is 62.9 Å². The second-order valence-corrected chi connectivity index (χ2v) is 13.0. The summed E-state index contributed by atoms with van der Waals surface area (Å²) in [5, 5.41) is 2.98. The second kappa shape index (κ2) is 11.8. The highest BCUT2D eigenvalue weighted by molar-refractivity contribution is 7.17. The smallest absolute Gasteiger partial charge is 0.410 e. The number of fused-ring (bicyclic) bond motifs is 2. The molecule has 0 unspecified atom stereocenters. The quantitative estimate of drug-likeness (QED) is 0.168. The molecule has 1 amide bonds. The molecule has 43 heavy (non-hydrogen) atoms. The van der Waals surface area contributed by atoms with Crippen LogP contribution in [0.3, 0.4) is 0 Å². The predicted molar refractivity (Wildman–Crippen MR) is 170 cm³/mol. The Morgan fingerprint density at radius 3 is 2.56 bits per heavy atom. The minimum Gasteiger partial charge on any atom is -0.493 e. The Kier molecular flexibility index (Phi) is 7.92. The molecule has 4 heterocycles. The van der Waals surface area contributed by atoms with Crippen molar-refractivity contribution in [3.05, 3.63) is 83.5 Å². The molecule has 5 aromatic rings. The molecule has 8 nitrogen and oxygen atoms in total. The van der Waals surface area contributed by atoms with Gasteiger partial charge in [-0.25, -0.2) is 4.79 Å². The van der Waals surface area contributed by atoms with Crippen LogP contribution in [0.5, 0.6) is 11.5 Å². The Labute approximate surface area is 255 Å². The fraction of sp³-hybridized carbons (Fsp3) is 0.353. The third-order valence-electron chi connectivity index (χ3n) is 7.76. The molecule has 224 valence electrons. The number of likely N-dealkylation sites (tertiary alicyclic amines) is 1. The van der Waals surface area contributed by atoms with Crippen LogP contribution in [-0.4, -0.2) is 57.8 Å². The van der Waals surface area contributed by atoms with E-state index in [9.17, 15) is 9.59 Å². The third kappa shape index (κ3) is 6.27. The summed E-state index contributed by atoms with van der Waals surface area (Å²) < 4.78 is 22.9. The first-order valence-electron chi connectivity index (χ1n) is 14.7. The summed E-state index contributed by atoms with van der Waals surface area (Å²) >= 11 is 1.64. The highest BCUT2D eigenvalue weighted by Gasteiger charge is 2.30. The van der Waals surface area contributed by atoms with Crippen molar-refractivity contribution in [1.29, 1.82) is 0 Å². The van der Waals surface area contributed by atoms with Crippen molar-refractivity contribution in [3.8, 4) is 11.5 Å². The van der Waals surface area contributed by atoms with E-state index in [4.69, 9.17) is 14.2 Å². The van der Waals surface area contributed by atoms with Crippen LogP contribution in [0.1, 0.15) is 43.2 Å². The maximum absolute atomic E-state index is 13.7. The zero-order valence-electron chi connectivity index (χ0n) is 25.0. The van der Waals surface area contributed by atoms with Crippen molar-refractivity contribution >= 4 is 44.3 Å². The lowest BCUT2D eigenvalue weighted by molar-refractivity contribution is 0.0284. The number of carbonyl (C=O) groups excluding carboxylic acids is 2. The number of ether oxygens (including phenoxy) is 3. The third-order valence-corrected chi connectivity index (χ3v) is 8.61. The summed E-state index contributed by atoms with van der Waals surface area (Å²) in [5.41, 5.74) is 2.95. The van der Waals surface area contributed by atoms with Gasteiger partial charge in [-0.2, -0.15) is 0 Å². The number of aryl methyl sites for hydroxylation is 1. The average molecular weight is 600 g/mol. The number of aromatic nitrogens is 2. The van der Waals surface area contributed by atoms with E-state index in [2.05, 4.69) is 4.57 Å². The predicted octanol–water partition coefficient (Wildman–Crippen LogP) is 7.14.